The van der Waals surface area contributed by atoms with Gasteiger partial charge in [0.1, 0.15) is 23.1 Å². The van der Waals surface area contributed by atoms with Crippen LogP contribution >= 0.6 is 11.3 Å². The molecule has 1 amide bonds. The van der Waals surface area contributed by atoms with Crippen LogP contribution in [0.3, 0.4) is 0 Å². The number of carbonyl (C=O) groups excluding carboxylic acids is 1. The van der Waals surface area contributed by atoms with Crippen molar-refractivity contribution < 1.29 is 9.53 Å². The van der Waals surface area contributed by atoms with E-state index < -0.39 is 0 Å². The second-order valence-electron chi connectivity index (χ2n) is 6.13. The minimum Gasteiger partial charge on any atom is -0.489 e. The molecule has 0 radical (unpaired) electrons. The largest absolute Gasteiger partial charge is 0.489 e. The number of nitrogens with zero attached hydrogens (tertiary/aromatic N) is 3. The fourth-order valence-electron chi connectivity index (χ4n) is 2.84. The molecule has 0 aliphatic heterocycles. The van der Waals surface area contributed by atoms with Crippen LogP contribution in [-0.2, 0) is 6.61 Å². The van der Waals surface area contributed by atoms with Gasteiger partial charge in [-0.25, -0.2) is 0 Å². The van der Waals surface area contributed by atoms with Crippen LogP contribution in [0.4, 0.5) is 5.69 Å². The maximum atomic E-state index is 12.6. The lowest BCUT2D eigenvalue weighted by Gasteiger charge is -2.08. The predicted molar refractivity (Wildman–Crippen MR) is 106 cm³/mol. The van der Waals surface area contributed by atoms with Gasteiger partial charge in [-0.05, 0) is 43.7 Å². The molecule has 2 heterocycles. The second kappa shape index (κ2) is 7.20. The highest BCUT2D eigenvalue weighted by molar-refractivity contribution is 7.19. The molecule has 0 aliphatic rings. The van der Waals surface area contributed by atoms with E-state index in [1.165, 1.54) is 11.3 Å². The second-order valence-corrected chi connectivity index (χ2v) is 7.11. The molecule has 0 fully saturated rings. The van der Waals surface area contributed by atoms with Gasteiger partial charge in [-0.15, -0.1) is 10.2 Å². The van der Waals surface area contributed by atoms with Gasteiger partial charge in [-0.2, -0.15) is 0 Å². The number of aromatic nitrogens is 3. The molecule has 27 heavy (non-hydrogen) atoms. The zero-order valence-corrected chi connectivity index (χ0v) is 15.8. The number of hydrogen-bond donors (Lipinski definition) is 1. The summed E-state index contributed by atoms with van der Waals surface area (Å²) in [6, 6.07) is 17.3. The minimum absolute atomic E-state index is 0.152. The zero-order chi connectivity index (χ0) is 18.8. The van der Waals surface area contributed by atoms with Crippen molar-refractivity contribution in [2.75, 3.05) is 5.32 Å². The Balaban J connectivity index is 1.43. The third kappa shape index (κ3) is 3.54. The molecule has 4 rings (SSSR count). The summed E-state index contributed by atoms with van der Waals surface area (Å²) in [5, 5.41) is 11.0. The summed E-state index contributed by atoms with van der Waals surface area (Å²) in [4.78, 5) is 14.0. The number of hydrogen-bond acceptors (Lipinski definition) is 5. The Morgan fingerprint density at radius 3 is 2.52 bits per heavy atom. The third-order valence-corrected chi connectivity index (χ3v) is 5.35. The van der Waals surface area contributed by atoms with Crippen LogP contribution in [0, 0.1) is 13.8 Å². The molecule has 0 unspecified atom stereocenters. The van der Waals surface area contributed by atoms with E-state index in [9.17, 15) is 4.79 Å². The fourth-order valence-corrected chi connectivity index (χ4v) is 3.84. The van der Waals surface area contributed by atoms with Crippen molar-refractivity contribution in [1.29, 1.82) is 0 Å². The van der Waals surface area contributed by atoms with Crippen LogP contribution in [-0.4, -0.2) is 20.5 Å². The molecule has 0 saturated carbocycles. The van der Waals surface area contributed by atoms with Crippen molar-refractivity contribution in [3.8, 4) is 5.75 Å². The topological polar surface area (TPSA) is 68.5 Å². The van der Waals surface area contributed by atoms with Crippen LogP contribution in [0.1, 0.15) is 26.8 Å². The minimum atomic E-state index is -0.152. The summed E-state index contributed by atoms with van der Waals surface area (Å²) in [5.74, 6) is 1.38. The van der Waals surface area contributed by atoms with Crippen LogP contribution in [0.15, 0.2) is 54.6 Å². The first-order valence-electron chi connectivity index (χ1n) is 8.51. The van der Waals surface area contributed by atoms with Gasteiger partial charge in [0.2, 0.25) is 4.96 Å². The number of carbonyl (C=O) groups is 1. The van der Waals surface area contributed by atoms with Crippen molar-refractivity contribution in [3.05, 3.63) is 76.6 Å². The Morgan fingerprint density at radius 2 is 1.81 bits per heavy atom. The van der Waals surface area contributed by atoms with Crippen LogP contribution in [0.2, 0.25) is 0 Å². The molecule has 0 saturated heterocycles. The van der Waals surface area contributed by atoms with Crippen LogP contribution < -0.4 is 10.1 Å². The number of thiazole rings is 1. The summed E-state index contributed by atoms with van der Waals surface area (Å²) in [7, 11) is 0. The SMILES string of the molecule is Cc1nnc2sc(C(=O)Nc3ccc(OCc4ccccc4)cc3)c(C)n12. The van der Waals surface area contributed by atoms with E-state index in [2.05, 4.69) is 15.5 Å². The molecule has 2 aromatic heterocycles. The maximum absolute atomic E-state index is 12.6. The van der Waals surface area contributed by atoms with Crippen molar-refractivity contribution in [3.63, 3.8) is 0 Å². The van der Waals surface area contributed by atoms with Gasteiger partial charge in [0, 0.05) is 11.4 Å². The highest BCUT2D eigenvalue weighted by atomic mass is 32.1. The Kier molecular flexibility index (Phi) is 4.60. The maximum Gasteiger partial charge on any atom is 0.267 e. The highest BCUT2D eigenvalue weighted by Crippen LogP contribution is 2.24. The zero-order valence-electron chi connectivity index (χ0n) is 15.0. The van der Waals surface area contributed by atoms with Gasteiger partial charge in [0.25, 0.3) is 5.91 Å². The van der Waals surface area contributed by atoms with E-state index >= 15 is 0 Å². The van der Waals surface area contributed by atoms with Gasteiger partial charge in [0.15, 0.2) is 0 Å². The van der Waals surface area contributed by atoms with Gasteiger partial charge in [-0.3, -0.25) is 9.20 Å². The van der Waals surface area contributed by atoms with E-state index in [4.69, 9.17) is 4.74 Å². The van der Waals surface area contributed by atoms with E-state index in [0.29, 0.717) is 17.2 Å². The monoisotopic (exact) mass is 378 g/mol. The fraction of sp³-hybridized carbons (Fsp3) is 0.150. The summed E-state index contributed by atoms with van der Waals surface area (Å²) < 4.78 is 7.66. The number of rotatable bonds is 5. The van der Waals surface area contributed by atoms with Gasteiger partial charge < -0.3 is 10.1 Å². The van der Waals surface area contributed by atoms with E-state index in [1.807, 2.05) is 72.8 Å². The smallest absolute Gasteiger partial charge is 0.267 e. The quantitative estimate of drug-likeness (QED) is 0.564. The number of benzene rings is 2. The highest BCUT2D eigenvalue weighted by Gasteiger charge is 2.18. The first-order chi connectivity index (χ1) is 13.1. The molecular formula is C20H18N4O2S. The van der Waals surface area contributed by atoms with Crippen molar-refractivity contribution in [2.24, 2.45) is 0 Å². The standard InChI is InChI=1S/C20H18N4O2S/c1-13-18(27-20-23-22-14(2)24(13)20)19(25)21-16-8-10-17(11-9-16)26-12-15-6-4-3-5-7-15/h3-11H,12H2,1-2H3,(H,21,25). The van der Waals surface area contributed by atoms with Gasteiger partial charge in [0.05, 0.1) is 0 Å². The molecular weight excluding hydrogens is 360 g/mol. The first-order valence-corrected chi connectivity index (χ1v) is 9.33. The molecule has 0 bridgehead atoms. The molecule has 136 valence electrons. The molecule has 2 aromatic carbocycles. The average Bonchev–Trinajstić information content (AvgIpc) is 3.22. The summed E-state index contributed by atoms with van der Waals surface area (Å²) >= 11 is 1.33. The van der Waals surface area contributed by atoms with Crippen molar-refractivity contribution in [1.82, 2.24) is 14.6 Å². The molecule has 4 aromatic rings. The van der Waals surface area contributed by atoms with E-state index in [-0.39, 0.29) is 5.91 Å². The number of nitrogens with one attached hydrogen (secondary N) is 1. The van der Waals surface area contributed by atoms with Crippen LogP contribution in [0.25, 0.3) is 4.96 Å². The Morgan fingerprint density at radius 1 is 1.07 bits per heavy atom. The number of ether oxygens (including phenoxy) is 1. The molecule has 1 N–H and O–H groups in total. The van der Waals surface area contributed by atoms with E-state index in [0.717, 1.165) is 27.8 Å². The molecule has 6 nitrogen and oxygen atoms in total. The number of aryl methyl sites for hydroxylation is 2. The van der Waals surface area contributed by atoms with Crippen molar-refractivity contribution in [2.45, 2.75) is 20.5 Å². The number of amides is 1. The first kappa shape index (κ1) is 17.2. The van der Waals surface area contributed by atoms with Crippen molar-refractivity contribution >= 4 is 27.9 Å². The summed E-state index contributed by atoms with van der Waals surface area (Å²) in [6.07, 6.45) is 0. The lowest BCUT2D eigenvalue weighted by Crippen LogP contribution is -2.12. The molecule has 0 spiro atoms. The Labute approximate surface area is 160 Å². The number of fused-ring (bicyclic) bond motifs is 1. The van der Waals surface area contributed by atoms with Gasteiger partial charge >= 0.3 is 0 Å². The molecule has 7 heteroatoms. The normalized spacial score (nSPS) is 10.9. The lowest BCUT2D eigenvalue weighted by atomic mass is 10.2. The molecule has 0 aliphatic carbocycles. The van der Waals surface area contributed by atoms with Gasteiger partial charge in [-0.1, -0.05) is 41.7 Å². The lowest BCUT2D eigenvalue weighted by molar-refractivity contribution is 0.102. The average molecular weight is 378 g/mol. The predicted octanol–water partition coefficient (Wildman–Crippen LogP) is 4.24. The van der Waals surface area contributed by atoms with Crippen LogP contribution in [0.5, 0.6) is 5.75 Å². The molecule has 0 atom stereocenters. The third-order valence-electron chi connectivity index (χ3n) is 4.22. The number of anilines is 1. The summed E-state index contributed by atoms with van der Waals surface area (Å²) in [6.45, 7) is 4.28. The summed E-state index contributed by atoms with van der Waals surface area (Å²) in [5.41, 5.74) is 2.67. The Hall–Kier alpha value is -3.19. The van der Waals surface area contributed by atoms with E-state index in [1.54, 1.807) is 0 Å². The Bertz CT molecular complexity index is 1080.